The highest BCUT2D eigenvalue weighted by molar-refractivity contribution is 6.01. The van der Waals surface area contributed by atoms with Crippen molar-refractivity contribution in [3.8, 4) is 11.5 Å². The third kappa shape index (κ3) is 3.51. The van der Waals surface area contributed by atoms with Crippen LogP contribution in [-0.4, -0.2) is 32.6 Å². The maximum Gasteiger partial charge on any atom is 0.340 e. The fraction of sp³-hybridized carbons (Fsp3) is 0.368. The molecule has 0 radical (unpaired) electrons. The molecule has 7 heteroatoms. The molecule has 0 aromatic heterocycles. The summed E-state index contributed by atoms with van der Waals surface area (Å²) in [4.78, 5) is 24.9. The number of ketones is 1. The summed E-state index contributed by atoms with van der Waals surface area (Å²) in [5.74, 6) is -0.352. The minimum absolute atomic E-state index is 0.0751. The molecule has 1 aliphatic rings. The van der Waals surface area contributed by atoms with Crippen molar-refractivity contribution in [1.29, 1.82) is 0 Å². The summed E-state index contributed by atoms with van der Waals surface area (Å²) in [5, 5.41) is 0. The van der Waals surface area contributed by atoms with Crippen molar-refractivity contribution in [2.75, 3.05) is 20.8 Å². The van der Waals surface area contributed by atoms with Gasteiger partial charge in [-0.1, -0.05) is 6.07 Å². The quantitative estimate of drug-likeness (QED) is 0.777. The van der Waals surface area contributed by atoms with E-state index in [1.54, 1.807) is 32.0 Å². The second-order valence-electron chi connectivity index (χ2n) is 5.67. The van der Waals surface area contributed by atoms with E-state index in [9.17, 15) is 9.59 Å². The van der Waals surface area contributed by atoms with Crippen LogP contribution in [0.2, 0.25) is 0 Å². The summed E-state index contributed by atoms with van der Waals surface area (Å²) in [6.07, 6.45) is 0. The van der Waals surface area contributed by atoms with Gasteiger partial charge in [0.15, 0.2) is 5.78 Å². The maximum atomic E-state index is 12.6. The third-order valence-electron chi connectivity index (χ3n) is 4.11. The van der Waals surface area contributed by atoms with Crippen molar-refractivity contribution in [2.24, 2.45) is 5.73 Å². The van der Waals surface area contributed by atoms with Crippen molar-refractivity contribution in [3.63, 3.8) is 0 Å². The molecule has 0 saturated heterocycles. The van der Waals surface area contributed by atoms with Gasteiger partial charge in [0.05, 0.1) is 26.7 Å². The number of nitrogens with two attached hydrogens (primary N) is 1. The summed E-state index contributed by atoms with van der Waals surface area (Å²) in [6.45, 7) is 4.90. The number of Topliss-reactive ketones (excluding diaryl/α,β-unsaturated/α-hetero) is 1. The van der Waals surface area contributed by atoms with Gasteiger partial charge in [-0.15, -0.1) is 0 Å². The number of carbonyl (C=O) groups excluding carboxylic acids is 2. The van der Waals surface area contributed by atoms with Crippen molar-refractivity contribution in [1.82, 2.24) is 0 Å². The molecule has 1 aliphatic heterocycles. The molecule has 7 nitrogen and oxygen atoms in total. The van der Waals surface area contributed by atoms with Crippen molar-refractivity contribution >= 4 is 11.8 Å². The molecule has 1 heterocycles. The second kappa shape index (κ2) is 7.95. The van der Waals surface area contributed by atoms with E-state index in [1.165, 1.54) is 21.1 Å². The highest BCUT2D eigenvalue weighted by Crippen LogP contribution is 2.44. The first kappa shape index (κ1) is 19.4. The Bertz CT molecular complexity index is 793. The molecule has 1 aromatic rings. The van der Waals surface area contributed by atoms with E-state index in [2.05, 4.69) is 0 Å². The molecule has 1 atom stereocenters. The van der Waals surface area contributed by atoms with Crippen LogP contribution in [0.1, 0.15) is 32.3 Å². The maximum absolute atomic E-state index is 12.6. The van der Waals surface area contributed by atoms with Crippen LogP contribution in [0.4, 0.5) is 0 Å². The minimum Gasteiger partial charge on any atom is -0.497 e. The van der Waals surface area contributed by atoms with Gasteiger partial charge in [0.2, 0.25) is 5.88 Å². The number of hydrogen-bond donors (Lipinski definition) is 1. The monoisotopic (exact) mass is 361 g/mol. The Morgan fingerprint density at radius 2 is 1.88 bits per heavy atom. The van der Waals surface area contributed by atoms with Crippen LogP contribution in [0.25, 0.3) is 0 Å². The molecule has 140 valence electrons. The fourth-order valence-electron chi connectivity index (χ4n) is 3.01. The lowest BCUT2D eigenvalue weighted by Gasteiger charge is -2.29. The molecule has 0 bridgehead atoms. The zero-order valence-corrected chi connectivity index (χ0v) is 15.5. The topological polar surface area (TPSA) is 97.1 Å². The first-order chi connectivity index (χ1) is 12.3. The van der Waals surface area contributed by atoms with Crippen LogP contribution >= 0.6 is 0 Å². The van der Waals surface area contributed by atoms with E-state index in [1.807, 2.05) is 0 Å². The molecule has 26 heavy (non-hydrogen) atoms. The van der Waals surface area contributed by atoms with Gasteiger partial charge in [-0.3, -0.25) is 4.79 Å². The van der Waals surface area contributed by atoms with E-state index in [0.717, 1.165) is 0 Å². The van der Waals surface area contributed by atoms with E-state index >= 15 is 0 Å². The predicted molar refractivity (Wildman–Crippen MR) is 94.6 cm³/mol. The van der Waals surface area contributed by atoms with Gasteiger partial charge >= 0.3 is 5.97 Å². The van der Waals surface area contributed by atoms with Crippen molar-refractivity contribution in [2.45, 2.75) is 26.7 Å². The Labute approximate surface area is 152 Å². The van der Waals surface area contributed by atoms with Gasteiger partial charge < -0.3 is 24.7 Å². The zero-order valence-electron chi connectivity index (χ0n) is 15.5. The number of ether oxygens (including phenoxy) is 4. The molecule has 0 aliphatic carbocycles. The molecule has 0 unspecified atom stereocenters. The zero-order chi connectivity index (χ0) is 19.4. The molecule has 0 fully saturated rings. The van der Waals surface area contributed by atoms with Gasteiger partial charge in [0.25, 0.3) is 0 Å². The predicted octanol–water partition coefficient (Wildman–Crippen LogP) is 2.41. The molecular formula is C19H23NO6. The normalized spacial score (nSPS) is 16.9. The van der Waals surface area contributed by atoms with Gasteiger partial charge in [-0.25, -0.2) is 4.79 Å². The highest BCUT2D eigenvalue weighted by Gasteiger charge is 2.39. The molecule has 0 amide bonds. The summed E-state index contributed by atoms with van der Waals surface area (Å²) in [7, 11) is 3.04. The average molecular weight is 361 g/mol. The second-order valence-corrected chi connectivity index (χ2v) is 5.67. The molecule has 1 aromatic carbocycles. The van der Waals surface area contributed by atoms with Gasteiger partial charge in [-0.2, -0.15) is 0 Å². The van der Waals surface area contributed by atoms with Gasteiger partial charge in [0.1, 0.15) is 22.8 Å². The molecule has 0 spiro atoms. The van der Waals surface area contributed by atoms with E-state index in [-0.39, 0.29) is 23.8 Å². The largest absolute Gasteiger partial charge is 0.497 e. The molecule has 2 N–H and O–H groups in total. The van der Waals surface area contributed by atoms with Gasteiger partial charge in [0, 0.05) is 17.2 Å². The molecular weight excluding hydrogens is 338 g/mol. The Balaban J connectivity index is 2.73. The lowest BCUT2D eigenvalue weighted by atomic mass is 9.80. The Hall–Kier alpha value is -2.96. The Kier molecular flexibility index (Phi) is 5.92. The van der Waals surface area contributed by atoms with Gasteiger partial charge in [-0.05, 0) is 26.8 Å². The van der Waals surface area contributed by atoms with Crippen LogP contribution in [0.5, 0.6) is 11.5 Å². The van der Waals surface area contributed by atoms with E-state index in [0.29, 0.717) is 28.4 Å². The first-order valence-electron chi connectivity index (χ1n) is 8.13. The fourth-order valence-corrected chi connectivity index (χ4v) is 3.01. The summed E-state index contributed by atoms with van der Waals surface area (Å²) in [5.41, 5.74) is 6.97. The number of esters is 1. The number of methoxy groups -OCH3 is 2. The summed E-state index contributed by atoms with van der Waals surface area (Å²) in [6, 6.07) is 5.13. The van der Waals surface area contributed by atoms with Crippen LogP contribution in [0, 0.1) is 0 Å². The number of allylic oxidation sites excluding steroid dienone is 2. The lowest BCUT2D eigenvalue weighted by Crippen LogP contribution is -2.29. The number of rotatable bonds is 6. The summed E-state index contributed by atoms with van der Waals surface area (Å²) < 4.78 is 21.3. The SMILES string of the molecule is CCOC(=O)C1=C(N)OC(C)=C(C(C)=O)[C@H]1c1ccc(OC)cc1OC. The molecule has 2 rings (SSSR count). The highest BCUT2D eigenvalue weighted by atomic mass is 16.5. The van der Waals surface area contributed by atoms with E-state index in [4.69, 9.17) is 24.7 Å². The smallest absolute Gasteiger partial charge is 0.340 e. The Morgan fingerprint density at radius 3 is 2.42 bits per heavy atom. The number of carbonyl (C=O) groups is 2. The lowest BCUT2D eigenvalue weighted by molar-refractivity contribution is -0.139. The standard InChI is InChI=1S/C19H23NO6/c1-6-25-19(22)17-16(15(10(2)21)11(3)26-18(17)20)13-8-7-12(23-4)9-14(13)24-5/h7-9,16H,6,20H2,1-5H3/t16-/m1/s1. The Morgan fingerprint density at radius 1 is 1.19 bits per heavy atom. The van der Waals surface area contributed by atoms with Crippen LogP contribution in [0.15, 0.2) is 41.0 Å². The van der Waals surface area contributed by atoms with Crippen molar-refractivity contribution in [3.05, 3.63) is 46.6 Å². The average Bonchev–Trinajstić information content (AvgIpc) is 2.60. The minimum atomic E-state index is -0.763. The van der Waals surface area contributed by atoms with Crippen LogP contribution < -0.4 is 15.2 Å². The first-order valence-corrected chi connectivity index (χ1v) is 8.13. The van der Waals surface area contributed by atoms with Crippen LogP contribution in [0.3, 0.4) is 0 Å². The molecule has 0 saturated carbocycles. The van der Waals surface area contributed by atoms with Crippen molar-refractivity contribution < 1.29 is 28.5 Å². The van der Waals surface area contributed by atoms with Crippen LogP contribution in [-0.2, 0) is 19.1 Å². The number of hydrogen-bond acceptors (Lipinski definition) is 7. The number of benzene rings is 1. The third-order valence-corrected chi connectivity index (χ3v) is 4.11. The summed E-state index contributed by atoms with van der Waals surface area (Å²) >= 11 is 0. The van der Waals surface area contributed by atoms with E-state index < -0.39 is 11.9 Å².